The summed E-state index contributed by atoms with van der Waals surface area (Å²) in [5.41, 5.74) is 21.1. The number of carbonyl (C=O) groups excluding carboxylic acids is 4. The van der Waals surface area contributed by atoms with Gasteiger partial charge in [0.25, 0.3) is 0 Å². The molecule has 0 radical (unpaired) electrons. The van der Waals surface area contributed by atoms with Gasteiger partial charge in [0, 0.05) is 6.54 Å². The maximum absolute atomic E-state index is 12.7. The maximum atomic E-state index is 12.7. The van der Waals surface area contributed by atoms with Crippen LogP contribution >= 0.6 is 0 Å². The summed E-state index contributed by atoms with van der Waals surface area (Å²) in [6, 6.07) is -5.94. The first kappa shape index (κ1) is 29.5. The summed E-state index contributed by atoms with van der Waals surface area (Å²) in [4.78, 5) is 63.5. The van der Waals surface area contributed by atoms with Gasteiger partial charge in [-0.25, -0.2) is 4.79 Å². The monoisotopic (exact) mass is 476 g/mol. The Morgan fingerprint density at radius 2 is 1.42 bits per heavy atom. The fraction of sp³-hybridized carbons (Fsp3) is 0.647. The van der Waals surface area contributed by atoms with Gasteiger partial charge >= 0.3 is 5.97 Å². The van der Waals surface area contributed by atoms with E-state index in [1.165, 1.54) is 6.92 Å². The number of aliphatic carboxylic acids is 1. The van der Waals surface area contributed by atoms with Gasteiger partial charge in [0.05, 0.1) is 19.1 Å². The van der Waals surface area contributed by atoms with Crippen LogP contribution in [0.15, 0.2) is 4.99 Å². The van der Waals surface area contributed by atoms with Crippen molar-refractivity contribution >= 4 is 35.6 Å². The molecule has 0 aromatic rings. The number of guanidine groups is 1. The summed E-state index contributed by atoms with van der Waals surface area (Å²) < 4.78 is 0. The Bertz CT molecular complexity index is 741. The number of carboxylic acid groups (broad SMARTS) is 1. The van der Waals surface area contributed by atoms with Gasteiger partial charge in [-0.2, -0.15) is 0 Å². The van der Waals surface area contributed by atoms with E-state index >= 15 is 0 Å². The van der Waals surface area contributed by atoms with Crippen LogP contribution in [-0.2, 0) is 24.0 Å². The predicted octanol–water partition coefficient (Wildman–Crippen LogP) is -5.85. The number of hydrogen-bond donors (Lipinski definition) is 10. The fourth-order valence-electron chi connectivity index (χ4n) is 2.40. The first-order chi connectivity index (χ1) is 15.3. The highest BCUT2D eigenvalue weighted by atomic mass is 16.4. The van der Waals surface area contributed by atoms with Crippen molar-refractivity contribution in [3.05, 3.63) is 0 Å². The number of rotatable bonds is 15. The minimum absolute atomic E-state index is 0.0729. The van der Waals surface area contributed by atoms with Gasteiger partial charge < -0.3 is 54.2 Å². The first-order valence-corrected chi connectivity index (χ1v) is 9.82. The molecule has 0 bridgehead atoms. The molecule has 0 aromatic carbocycles. The lowest BCUT2D eigenvalue weighted by Gasteiger charge is -2.24. The number of aliphatic imine (C=N–C) groups is 1. The van der Waals surface area contributed by atoms with Gasteiger partial charge in [0.2, 0.25) is 23.6 Å². The molecule has 14 N–H and O–H groups in total. The zero-order valence-electron chi connectivity index (χ0n) is 18.1. The van der Waals surface area contributed by atoms with Crippen LogP contribution in [0.4, 0.5) is 0 Å². The average Bonchev–Trinajstić information content (AvgIpc) is 2.71. The van der Waals surface area contributed by atoms with Gasteiger partial charge in [0.15, 0.2) is 5.96 Å². The molecule has 4 amide bonds. The first-order valence-electron chi connectivity index (χ1n) is 9.82. The molecule has 16 heteroatoms. The lowest BCUT2D eigenvalue weighted by Crippen LogP contribution is -2.59. The lowest BCUT2D eigenvalue weighted by molar-refractivity contribution is -0.143. The number of hydrogen-bond acceptors (Lipinski definition) is 9. The molecule has 0 aromatic heterocycles. The third-order valence-electron chi connectivity index (χ3n) is 4.24. The smallest absolute Gasteiger partial charge is 0.328 e. The minimum atomic E-state index is -1.64. The van der Waals surface area contributed by atoms with E-state index in [-0.39, 0.29) is 25.3 Å². The molecule has 0 aliphatic carbocycles. The van der Waals surface area contributed by atoms with E-state index in [1.54, 1.807) is 0 Å². The number of primary amides is 1. The van der Waals surface area contributed by atoms with E-state index in [2.05, 4.69) is 20.9 Å². The van der Waals surface area contributed by atoms with Crippen LogP contribution in [0.5, 0.6) is 0 Å². The number of amides is 4. The molecule has 5 unspecified atom stereocenters. The molecule has 33 heavy (non-hydrogen) atoms. The van der Waals surface area contributed by atoms with E-state index in [0.29, 0.717) is 0 Å². The van der Waals surface area contributed by atoms with Crippen molar-refractivity contribution in [1.82, 2.24) is 16.0 Å². The molecular formula is C17H32N8O8. The highest BCUT2D eigenvalue weighted by Crippen LogP contribution is 2.03. The molecule has 0 heterocycles. The zero-order chi connectivity index (χ0) is 25.7. The van der Waals surface area contributed by atoms with Gasteiger partial charge in [0.1, 0.15) is 24.2 Å². The van der Waals surface area contributed by atoms with E-state index < -0.39 is 72.9 Å². The van der Waals surface area contributed by atoms with Crippen molar-refractivity contribution in [2.24, 2.45) is 27.9 Å². The number of nitrogens with two attached hydrogens (primary N) is 4. The fourth-order valence-corrected chi connectivity index (χ4v) is 2.40. The standard InChI is InChI=1S/C17H32N8O8/c1-7(27)12(19)15(31)24-9(5-11(18)28)14(30)23-8(3-2-4-22-17(20)21)13(29)25-10(6-26)16(32)33/h7-10,12,26-27H,2-6,19H2,1H3,(H2,18,28)(H,23,30)(H,24,31)(H,25,29)(H,32,33)(H4,20,21,22). The van der Waals surface area contributed by atoms with Crippen LogP contribution < -0.4 is 38.9 Å². The molecule has 0 aliphatic rings. The van der Waals surface area contributed by atoms with E-state index in [1.807, 2.05) is 0 Å². The number of nitrogens with one attached hydrogen (secondary N) is 3. The highest BCUT2D eigenvalue weighted by Gasteiger charge is 2.31. The number of aliphatic hydroxyl groups is 2. The predicted molar refractivity (Wildman–Crippen MR) is 114 cm³/mol. The quantitative estimate of drug-likeness (QED) is 0.0602. The summed E-state index contributed by atoms with van der Waals surface area (Å²) in [5.74, 6) is -5.59. The van der Waals surface area contributed by atoms with Crippen LogP contribution in [0, 0.1) is 0 Å². The number of nitrogens with zero attached hydrogens (tertiary/aromatic N) is 1. The molecule has 0 spiro atoms. The van der Waals surface area contributed by atoms with Crippen LogP contribution in [0.1, 0.15) is 26.2 Å². The Kier molecular flexibility index (Phi) is 13.0. The number of carboxylic acids is 1. The molecule has 0 rings (SSSR count). The molecule has 0 fully saturated rings. The van der Waals surface area contributed by atoms with Gasteiger partial charge in [-0.15, -0.1) is 0 Å². The molecule has 5 atom stereocenters. The third kappa shape index (κ3) is 11.6. The number of aliphatic hydroxyl groups excluding tert-OH is 2. The average molecular weight is 476 g/mol. The molecular weight excluding hydrogens is 444 g/mol. The summed E-state index contributed by atoms with van der Waals surface area (Å²) >= 11 is 0. The molecule has 0 aliphatic heterocycles. The van der Waals surface area contributed by atoms with Crippen molar-refractivity contribution in [3.63, 3.8) is 0 Å². The second-order valence-corrected chi connectivity index (χ2v) is 7.09. The van der Waals surface area contributed by atoms with Gasteiger partial charge in [-0.3, -0.25) is 24.2 Å². The third-order valence-corrected chi connectivity index (χ3v) is 4.24. The normalized spacial score (nSPS) is 15.2. The van der Waals surface area contributed by atoms with Crippen molar-refractivity contribution in [3.8, 4) is 0 Å². The lowest BCUT2D eigenvalue weighted by atomic mass is 10.1. The summed E-state index contributed by atoms with van der Waals surface area (Å²) in [6.45, 7) is 0.409. The minimum Gasteiger partial charge on any atom is -0.480 e. The van der Waals surface area contributed by atoms with Crippen LogP contribution in [0.3, 0.4) is 0 Å². The van der Waals surface area contributed by atoms with Crippen molar-refractivity contribution in [1.29, 1.82) is 0 Å². The molecule has 188 valence electrons. The summed E-state index contributed by atoms with van der Waals surface area (Å²) in [6.07, 6.45) is -1.81. The Morgan fingerprint density at radius 3 is 1.88 bits per heavy atom. The Balaban J connectivity index is 5.55. The van der Waals surface area contributed by atoms with Crippen molar-refractivity contribution in [2.75, 3.05) is 13.2 Å². The van der Waals surface area contributed by atoms with Crippen molar-refractivity contribution in [2.45, 2.75) is 56.5 Å². The van der Waals surface area contributed by atoms with Crippen LogP contribution in [0.2, 0.25) is 0 Å². The Labute approximate surface area is 189 Å². The van der Waals surface area contributed by atoms with Gasteiger partial charge in [-0.05, 0) is 19.8 Å². The second kappa shape index (κ2) is 14.5. The highest BCUT2D eigenvalue weighted by molar-refractivity contribution is 5.96. The Morgan fingerprint density at radius 1 is 0.909 bits per heavy atom. The van der Waals surface area contributed by atoms with Crippen molar-refractivity contribution < 1.29 is 39.3 Å². The van der Waals surface area contributed by atoms with Crippen LogP contribution in [-0.4, -0.2) is 94.3 Å². The molecule has 0 saturated carbocycles. The van der Waals surface area contributed by atoms with E-state index in [9.17, 15) is 29.1 Å². The molecule has 16 nitrogen and oxygen atoms in total. The largest absolute Gasteiger partial charge is 0.480 e. The van der Waals surface area contributed by atoms with E-state index in [0.717, 1.165) is 0 Å². The van der Waals surface area contributed by atoms with Crippen LogP contribution in [0.25, 0.3) is 0 Å². The maximum Gasteiger partial charge on any atom is 0.328 e. The topological polar surface area (TPSA) is 299 Å². The summed E-state index contributed by atoms with van der Waals surface area (Å²) in [5, 5.41) is 34.1. The molecule has 0 saturated heterocycles. The second-order valence-electron chi connectivity index (χ2n) is 7.09. The van der Waals surface area contributed by atoms with E-state index in [4.69, 9.17) is 33.1 Å². The SMILES string of the molecule is CC(O)C(N)C(=O)NC(CC(N)=O)C(=O)NC(CCCN=C(N)N)C(=O)NC(CO)C(=O)O. The number of carbonyl (C=O) groups is 5. The van der Waals surface area contributed by atoms with Gasteiger partial charge in [-0.1, -0.05) is 0 Å². The summed E-state index contributed by atoms with van der Waals surface area (Å²) in [7, 11) is 0. The zero-order valence-corrected chi connectivity index (χ0v) is 18.1. The Hall–Kier alpha value is -3.50.